The maximum atomic E-state index is 11.6. The Kier molecular flexibility index (Phi) is 3.82. The van der Waals surface area contributed by atoms with Gasteiger partial charge in [0.25, 0.3) is 0 Å². The molecule has 18 heavy (non-hydrogen) atoms. The fraction of sp³-hybridized carbons (Fsp3) is 0.267. The highest BCUT2D eigenvalue weighted by Crippen LogP contribution is 2.19. The van der Waals surface area contributed by atoms with Crippen LogP contribution in [-0.4, -0.2) is 17.5 Å². The molecule has 0 radical (unpaired) electrons. The third-order valence-corrected chi connectivity index (χ3v) is 2.94. The lowest BCUT2D eigenvalue weighted by Crippen LogP contribution is -2.00. The molecule has 0 fully saturated rings. The van der Waals surface area contributed by atoms with Crippen LogP contribution < -0.4 is 4.74 Å². The van der Waals surface area contributed by atoms with Crippen molar-refractivity contribution in [2.24, 2.45) is 0 Å². The number of methoxy groups -OCH3 is 1. The number of aromatic nitrogens is 1. The summed E-state index contributed by atoms with van der Waals surface area (Å²) >= 11 is 0. The van der Waals surface area contributed by atoms with Gasteiger partial charge >= 0.3 is 0 Å². The second-order valence-electron chi connectivity index (χ2n) is 4.16. The smallest absolute Gasteiger partial charge is 0.164 e. The molecule has 2 aromatic rings. The van der Waals surface area contributed by atoms with E-state index in [-0.39, 0.29) is 5.78 Å². The number of benzene rings is 1. The number of hydrogen-bond donors (Lipinski definition) is 0. The van der Waals surface area contributed by atoms with Gasteiger partial charge < -0.3 is 9.30 Å². The molecule has 0 spiro atoms. The molecular formula is C15H17NO2. The van der Waals surface area contributed by atoms with Crippen LogP contribution >= 0.6 is 0 Å². The number of rotatable bonds is 5. The summed E-state index contributed by atoms with van der Waals surface area (Å²) in [6, 6.07) is 9.77. The number of nitrogens with zero attached hydrogens (tertiary/aromatic N) is 1. The zero-order valence-corrected chi connectivity index (χ0v) is 10.7. The molecule has 1 aromatic carbocycles. The predicted octanol–water partition coefficient (Wildman–Crippen LogP) is 3.14. The summed E-state index contributed by atoms with van der Waals surface area (Å²) < 4.78 is 7.31. The molecule has 3 nitrogen and oxygen atoms in total. The van der Waals surface area contributed by atoms with Crippen molar-refractivity contribution in [2.45, 2.75) is 19.9 Å². The zero-order valence-electron chi connectivity index (χ0n) is 10.7. The van der Waals surface area contributed by atoms with Gasteiger partial charge in [-0.1, -0.05) is 25.1 Å². The molecule has 2 rings (SSSR count). The highest BCUT2D eigenvalue weighted by atomic mass is 16.5. The van der Waals surface area contributed by atoms with Crippen LogP contribution in [0.15, 0.2) is 42.7 Å². The van der Waals surface area contributed by atoms with Gasteiger partial charge in [0, 0.05) is 29.9 Å². The molecule has 3 heteroatoms. The van der Waals surface area contributed by atoms with Crippen molar-refractivity contribution >= 4 is 5.78 Å². The molecule has 94 valence electrons. The molecule has 0 saturated carbocycles. The molecule has 0 bridgehead atoms. The molecule has 1 heterocycles. The molecule has 0 amide bonds. The number of carbonyl (C=O) groups is 1. The summed E-state index contributed by atoms with van der Waals surface area (Å²) in [5.41, 5.74) is 1.87. The van der Waals surface area contributed by atoms with Crippen LogP contribution in [0.5, 0.6) is 5.75 Å². The highest BCUT2D eigenvalue weighted by molar-refractivity contribution is 5.95. The second-order valence-corrected chi connectivity index (χ2v) is 4.16. The molecular weight excluding hydrogens is 226 g/mol. The molecule has 0 aliphatic rings. The lowest BCUT2D eigenvalue weighted by molar-refractivity contribution is 0.0988. The molecule has 0 N–H and O–H groups in total. The van der Waals surface area contributed by atoms with E-state index in [2.05, 4.69) is 0 Å². The molecule has 0 aliphatic carbocycles. The minimum atomic E-state index is 0.175. The maximum absolute atomic E-state index is 11.6. The van der Waals surface area contributed by atoms with Crippen molar-refractivity contribution in [1.29, 1.82) is 0 Å². The third kappa shape index (κ3) is 2.62. The topological polar surface area (TPSA) is 31.2 Å². The predicted molar refractivity (Wildman–Crippen MR) is 71.1 cm³/mol. The Hall–Kier alpha value is -2.03. The number of para-hydroxylation sites is 1. The quantitative estimate of drug-likeness (QED) is 0.755. The molecule has 0 aliphatic heterocycles. The van der Waals surface area contributed by atoms with Crippen LogP contribution in [0.3, 0.4) is 0 Å². The van der Waals surface area contributed by atoms with E-state index in [0.717, 1.165) is 16.9 Å². The first kappa shape index (κ1) is 12.4. The third-order valence-electron chi connectivity index (χ3n) is 2.94. The van der Waals surface area contributed by atoms with Gasteiger partial charge in [0.1, 0.15) is 5.75 Å². The first-order chi connectivity index (χ1) is 8.74. The van der Waals surface area contributed by atoms with Crippen molar-refractivity contribution in [1.82, 2.24) is 4.57 Å². The minimum Gasteiger partial charge on any atom is -0.496 e. The van der Waals surface area contributed by atoms with E-state index in [0.29, 0.717) is 13.0 Å². The number of ether oxygens (including phenoxy) is 1. The van der Waals surface area contributed by atoms with Gasteiger partial charge in [-0.2, -0.15) is 0 Å². The van der Waals surface area contributed by atoms with Crippen LogP contribution in [0, 0.1) is 0 Å². The summed E-state index contributed by atoms with van der Waals surface area (Å²) in [5.74, 6) is 1.04. The maximum Gasteiger partial charge on any atom is 0.164 e. The number of ketones is 1. The van der Waals surface area contributed by atoms with E-state index < -0.39 is 0 Å². The van der Waals surface area contributed by atoms with E-state index in [1.54, 1.807) is 7.11 Å². The lowest BCUT2D eigenvalue weighted by atomic mass is 10.2. The van der Waals surface area contributed by atoms with Gasteiger partial charge in [0.15, 0.2) is 5.78 Å². The zero-order chi connectivity index (χ0) is 13.0. The van der Waals surface area contributed by atoms with E-state index in [4.69, 9.17) is 4.74 Å². The number of hydrogen-bond acceptors (Lipinski definition) is 2. The summed E-state index contributed by atoms with van der Waals surface area (Å²) in [6.07, 6.45) is 4.35. The molecule has 0 saturated heterocycles. The fourth-order valence-corrected chi connectivity index (χ4v) is 1.94. The van der Waals surface area contributed by atoms with E-state index in [1.807, 2.05) is 54.2 Å². The standard InChI is InChI=1S/C15H17NO2/c1-3-14(17)12-8-9-16(10-12)11-13-6-4-5-7-15(13)18-2/h4-10H,3,11H2,1-2H3. The van der Waals surface area contributed by atoms with Crippen molar-refractivity contribution < 1.29 is 9.53 Å². The van der Waals surface area contributed by atoms with Crippen molar-refractivity contribution in [3.63, 3.8) is 0 Å². The Balaban J connectivity index is 2.19. The minimum absolute atomic E-state index is 0.175. The molecule has 0 unspecified atom stereocenters. The SMILES string of the molecule is CCC(=O)c1ccn(Cc2ccccc2OC)c1. The summed E-state index contributed by atoms with van der Waals surface area (Å²) in [7, 11) is 1.67. The lowest BCUT2D eigenvalue weighted by Gasteiger charge is -2.08. The summed E-state index contributed by atoms with van der Waals surface area (Å²) in [6.45, 7) is 2.58. The monoisotopic (exact) mass is 243 g/mol. The van der Waals surface area contributed by atoms with E-state index in [1.165, 1.54) is 0 Å². The van der Waals surface area contributed by atoms with Gasteiger partial charge in [0.05, 0.1) is 13.7 Å². The first-order valence-electron chi connectivity index (χ1n) is 6.05. The Morgan fingerprint density at radius 2 is 2.06 bits per heavy atom. The van der Waals surface area contributed by atoms with Crippen molar-refractivity contribution in [3.05, 3.63) is 53.9 Å². The average Bonchev–Trinajstić information content (AvgIpc) is 2.87. The van der Waals surface area contributed by atoms with Crippen LogP contribution in [0.4, 0.5) is 0 Å². The van der Waals surface area contributed by atoms with Gasteiger partial charge in [-0.25, -0.2) is 0 Å². The number of Topliss-reactive ketones (excluding diaryl/α,β-unsaturated/α-hetero) is 1. The van der Waals surface area contributed by atoms with Crippen LogP contribution in [0.25, 0.3) is 0 Å². The highest BCUT2D eigenvalue weighted by Gasteiger charge is 2.06. The van der Waals surface area contributed by atoms with Gasteiger partial charge in [-0.05, 0) is 12.1 Å². The van der Waals surface area contributed by atoms with Crippen molar-refractivity contribution in [3.8, 4) is 5.75 Å². The fourth-order valence-electron chi connectivity index (χ4n) is 1.94. The molecule has 0 atom stereocenters. The van der Waals surface area contributed by atoms with Gasteiger partial charge in [-0.15, -0.1) is 0 Å². The Morgan fingerprint density at radius 1 is 1.28 bits per heavy atom. The van der Waals surface area contributed by atoms with Crippen molar-refractivity contribution in [2.75, 3.05) is 7.11 Å². The summed E-state index contributed by atoms with van der Waals surface area (Å²) in [5, 5.41) is 0. The first-order valence-corrected chi connectivity index (χ1v) is 6.05. The number of carbonyl (C=O) groups excluding carboxylic acids is 1. The average molecular weight is 243 g/mol. The second kappa shape index (κ2) is 5.54. The molecule has 1 aromatic heterocycles. The van der Waals surface area contributed by atoms with Gasteiger partial charge in [0.2, 0.25) is 0 Å². The van der Waals surface area contributed by atoms with Crippen LogP contribution in [0.1, 0.15) is 29.3 Å². The van der Waals surface area contributed by atoms with E-state index in [9.17, 15) is 4.79 Å². The van der Waals surface area contributed by atoms with Crippen LogP contribution in [-0.2, 0) is 6.54 Å². The summed E-state index contributed by atoms with van der Waals surface area (Å²) in [4.78, 5) is 11.6. The Bertz CT molecular complexity index is 543. The van der Waals surface area contributed by atoms with E-state index >= 15 is 0 Å². The largest absolute Gasteiger partial charge is 0.496 e. The normalized spacial score (nSPS) is 10.3. The Labute approximate surface area is 107 Å². The van der Waals surface area contributed by atoms with Gasteiger partial charge in [-0.3, -0.25) is 4.79 Å². The van der Waals surface area contributed by atoms with Crippen LogP contribution in [0.2, 0.25) is 0 Å². The Morgan fingerprint density at radius 3 is 2.78 bits per heavy atom.